The van der Waals surface area contributed by atoms with Crippen molar-refractivity contribution in [1.29, 1.82) is 0 Å². The van der Waals surface area contributed by atoms with Gasteiger partial charge in [-0.05, 0) is 38.8 Å². The summed E-state index contributed by atoms with van der Waals surface area (Å²) >= 11 is 1.25. The number of hydrogen-bond donors (Lipinski definition) is 2. The standard InChI is InChI=1S/C18H24N2O4S/c1-12-3-7-15(8-4-12)19-16(21)10-25-11-17(22)20-9-14(18(23)24)6-5-13(20)2/h3-4,7-8,13-14H,5-6,9-11H2,1-2H3,(H,19,21)(H,23,24). The van der Waals surface area contributed by atoms with Gasteiger partial charge in [-0.2, -0.15) is 0 Å². The number of aryl methyl sites for hydroxylation is 1. The molecule has 25 heavy (non-hydrogen) atoms. The van der Waals surface area contributed by atoms with Crippen LogP contribution in [-0.2, 0) is 14.4 Å². The fourth-order valence-corrected chi connectivity index (χ4v) is 3.50. The van der Waals surface area contributed by atoms with E-state index in [0.717, 1.165) is 11.3 Å². The van der Waals surface area contributed by atoms with Gasteiger partial charge in [0.2, 0.25) is 11.8 Å². The number of carbonyl (C=O) groups is 3. The van der Waals surface area contributed by atoms with Crippen LogP contribution in [0.4, 0.5) is 5.69 Å². The molecule has 2 atom stereocenters. The molecule has 0 saturated carbocycles. The number of carbonyl (C=O) groups excluding carboxylic acids is 2. The highest BCUT2D eigenvalue weighted by Gasteiger charge is 2.32. The number of rotatable bonds is 6. The van der Waals surface area contributed by atoms with E-state index in [-0.39, 0.29) is 35.9 Å². The van der Waals surface area contributed by atoms with Crippen molar-refractivity contribution in [1.82, 2.24) is 4.90 Å². The third-order valence-electron chi connectivity index (χ3n) is 4.35. The monoisotopic (exact) mass is 364 g/mol. The van der Waals surface area contributed by atoms with Gasteiger partial charge in [0, 0.05) is 18.3 Å². The van der Waals surface area contributed by atoms with Crippen LogP contribution in [0.15, 0.2) is 24.3 Å². The summed E-state index contributed by atoms with van der Waals surface area (Å²) in [4.78, 5) is 37.0. The zero-order valence-electron chi connectivity index (χ0n) is 14.5. The summed E-state index contributed by atoms with van der Waals surface area (Å²) in [6.07, 6.45) is 1.30. The zero-order valence-corrected chi connectivity index (χ0v) is 15.3. The Hall–Kier alpha value is -2.02. The number of carboxylic acids is 1. The molecule has 7 heteroatoms. The molecule has 6 nitrogen and oxygen atoms in total. The minimum Gasteiger partial charge on any atom is -0.481 e. The highest BCUT2D eigenvalue weighted by atomic mass is 32.2. The molecule has 0 spiro atoms. The van der Waals surface area contributed by atoms with E-state index < -0.39 is 11.9 Å². The van der Waals surface area contributed by atoms with E-state index in [4.69, 9.17) is 5.11 Å². The van der Waals surface area contributed by atoms with Crippen LogP contribution in [-0.4, -0.2) is 51.9 Å². The molecule has 0 aromatic heterocycles. The Morgan fingerprint density at radius 1 is 1.20 bits per heavy atom. The molecular formula is C18H24N2O4S. The number of piperidine rings is 1. The van der Waals surface area contributed by atoms with Crippen LogP contribution >= 0.6 is 11.8 Å². The second kappa shape index (κ2) is 8.89. The predicted molar refractivity (Wildman–Crippen MR) is 98.7 cm³/mol. The molecule has 2 N–H and O–H groups in total. The maximum atomic E-state index is 12.3. The topological polar surface area (TPSA) is 86.7 Å². The molecule has 1 aromatic rings. The number of nitrogens with zero attached hydrogens (tertiary/aromatic N) is 1. The second-order valence-electron chi connectivity index (χ2n) is 6.41. The first kappa shape index (κ1) is 19.3. The summed E-state index contributed by atoms with van der Waals surface area (Å²) in [5, 5.41) is 11.9. The summed E-state index contributed by atoms with van der Waals surface area (Å²) < 4.78 is 0. The third kappa shape index (κ3) is 5.77. The lowest BCUT2D eigenvalue weighted by Gasteiger charge is -2.36. The lowest BCUT2D eigenvalue weighted by atomic mass is 9.93. The molecule has 1 saturated heterocycles. The largest absolute Gasteiger partial charge is 0.481 e. The molecule has 1 fully saturated rings. The summed E-state index contributed by atoms with van der Waals surface area (Å²) in [7, 11) is 0. The summed E-state index contributed by atoms with van der Waals surface area (Å²) in [6.45, 7) is 4.17. The van der Waals surface area contributed by atoms with Crippen molar-refractivity contribution in [3.63, 3.8) is 0 Å². The van der Waals surface area contributed by atoms with Gasteiger partial charge in [0.05, 0.1) is 17.4 Å². The Labute approximate surface area is 152 Å². The molecule has 1 heterocycles. The van der Waals surface area contributed by atoms with Gasteiger partial charge in [-0.1, -0.05) is 17.7 Å². The number of amides is 2. The molecule has 0 bridgehead atoms. The minimum absolute atomic E-state index is 0.0464. The Bertz CT molecular complexity index is 632. The van der Waals surface area contributed by atoms with E-state index in [9.17, 15) is 14.4 Å². The van der Waals surface area contributed by atoms with Crippen molar-refractivity contribution in [2.24, 2.45) is 5.92 Å². The molecule has 1 aliphatic rings. The first-order chi connectivity index (χ1) is 11.9. The Kier molecular flexibility index (Phi) is 6.87. The molecule has 136 valence electrons. The number of benzene rings is 1. The molecule has 2 amide bonds. The van der Waals surface area contributed by atoms with Crippen LogP contribution in [0.3, 0.4) is 0 Å². The average molecular weight is 364 g/mol. The van der Waals surface area contributed by atoms with Gasteiger partial charge in [0.1, 0.15) is 0 Å². The van der Waals surface area contributed by atoms with E-state index in [1.54, 1.807) is 4.90 Å². The molecule has 0 aliphatic carbocycles. The molecule has 0 radical (unpaired) electrons. The van der Waals surface area contributed by atoms with Crippen LogP contribution in [0.5, 0.6) is 0 Å². The number of thioether (sulfide) groups is 1. The van der Waals surface area contributed by atoms with Gasteiger partial charge in [-0.3, -0.25) is 14.4 Å². The van der Waals surface area contributed by atoms with E-state index in [0.29, 0.717) is 12.8 Å². The van der Waals surface area contributed by atoms with Gasteiger partial charge in [0.15, 0.2) is 0 Å². The van der Waals surface area contributed by atoms with Crippen molar-refractivity contribution in [3.8, 4) is 0 Å². The van der Waals surface area contributed by atoms with Crippen LogP contribution < -0.4 is 5.32 Å². The third-order valence-corrected chi connectivity index (χ3v) is 5.26. The van der Waals surface area contributed by atoms with Gasteiger partial charge in [-0.15, -0.1) is 11.8 Å². The Morgan fingerprint density at radius 2 is 1.88 bits per heavy atom. The molecular weight excluding hydrogens is 340 g/mol. The Morgan fingerprint density at radius 3 is 2.52 bits per heavy atom. The molecule has 2 rings (SSSR count). The SMILES string of the molecule is Cc1ccc(NC(=O)CSCC(=O)N2CC(C(=O)O)CCC2C)cc1. The number of carboxylic acid groups (broad SMARTS) is 1. The van der Waals surface area contributed by atoms with E-state index in [1.165, 1.54) is 11.8 Å². The smallest absolute Gasteiger partial charge is 0.308 e. The second-order valence-corrected chi connectivity index (χ2v) is 7.40. The van der Waals surface area contributed by atoms with Crippen molar-refractivity contribution >= 4 is 35.2 Å². The maximum absolute atomic E-state index is 12.3. The first-order valence-electron chi connectivity index (χ1n) is 8.33. The van der Waals surface area contributed by atoms with Crippen LogP contribution in [0, 0.1) is 12.8 Å². The van der Waals surface area contributed by atoms with Gasteiger partial charge in [-0.25, -0.2) is 0 Å². The van der Waals surface area contributed by atoms with Crippen molar-refractivity contribution < 1.29 is 19.5 Å². The van der Waals surface area contributed by atoms with E-state index >= 15 is 0 Å². The van der Waals surface area contributed by atoms with Gasteiger partial charge >= 0.3 is 5.97 Å². The summed E-state index contributed by atoms with van der Waals surface area (Å²) in [5.74, 6) is -1.24. The number of aliphatic carboxylic acids is 1. The first-order valence-corrected chi connectivity index (χ1v) is 9.49. The van der Waals surface area contributed by atoms with E-state index in [2.05, 4.69) is 5.32 Å². The lowest BCUT2D eigenvalue weighted by molar-refractivity contribution is -0.146. The maximum Gasteiger partial charge on any atom is 0.308 e. The number of anilines is 1. The quantitative estimate of drug-likeness (QED) is 0.809. The number of hydrogen-bond acceptors (Lipinski definition) is 4. The number of likely N-dealkylation sites (tertiary alicyclic amines) is 1. The molecule has 1 aromatic carbocycles. The van der Waals surface area contributed by atoms with Crippen LogP contribution in [0.2, 0.25) is 0 Å². The zero-order chi connectivity index (χ0) is 18.4. The van der Waals surface area contributed by atoms with Crippen LogP contribution in [0.1, 0.15) is 25.3 Å². The minimum atomic E-state index is -0.852. The highest BCUT2D eigenvalue weighted by molar-refractivity contribution is 8.00. The normalized spacial score (nSPS) is 20.2. The van der Waals surface area contributed by atoms with Gasteiger partial charge in [0.25, 0.3) is 0 Å². The predicted octanol–water partition coefficient (Wildman–Crippen LogP) is 2.38. The highest BCUT2D eigenvalue weighted by Crippen LogP contribution is 2.23. The van der Waals surface area contributed by atoms with Crippen LogP contribution in [0.25, 0.3) is 0 Å². The average Bonchev–Trinajstić information content (AvgIpc) is 2.57. The van der Waals surface area contributed by atoms with Crippen molar-refractivity contribution in [3.05, 3.63) is 29.8 Å². The van der Waals surface area contributed by atoms with Crippen molar-refractivity contribution in [2.45, 2.75) is 32.7 Å². The molecule has 2 unspecified atom stereocenters. The molecule has 1 aliphatic heterocycles. The lowest BCUT2D eigenvalue weighted by Crippen LogP contribution is -2.48. The summed E-state index contributed by atoms with van der Waals surface area (Å²) in [5.41, 5.74) is 1.85. The van der Waals surface area contributed by atoms with Gasteiger partial charge < -0.3 is 15.3 Å². The fourth-order valence-electron chi connectivity index (χ4n) is 2.80. The Balaban J connectivity index is 1.76. The summed E-state index contributed by atoms with van der Waals surface area (Å²) in [6, 6.07) is 7.56. The van der Waals surface area contributed by atoms with E-state index in [1.807, 2.05) is 38.1 Å². The number of nitrogens with one attached hydrogen (secondary N) is 1. The van der Waals surface area contributed by atoms with Crippen molar-refractivity contribution in [2.75, 3.05) is 23.4 Å². The fraction of sp³-hybridized carbons (Fsp3) is 0.500.